The molecule has 0 aromatic heterocycles. The first kappa shape index (κ1) is 33.6. The van der Waals surface area contributed by atoms with Crippen LogP contribution in [0.25, 0.3) is 0 Å². The number of aliphatic hydroxyl groups is 1. The molecule has 0 aliphatic carbocycles. The van der Waals surface area contributed by atoms with E-state index in [4.69, 9.17) is 5.11 Å². The van der Waals surface area contributed by atoms with Crippen molar-refractivity contribution in [2.45, 2.75) is 6.16 Å². The summed E-state index contributed by atoms with van der Waals surface area (Å²) in [5.74, 6) is 6.57. The third-order valence-corrected chi connectivity index (χ3v) is 10.5. The van der Waals surface area contributed by atoms with Crippen LogP contribution in [0.2, 0.25) is 0 Å². The average Bonchev–Trinajstić information content (AvgIpc) is 3.01. The summed E-state index contributed by atoms with van der Waals surface area (Å²) in [7, 11) is -11.5. The molecule has 0 amide bonds. The quantitative estimate of drug-likeness (QED) is 0.117. The zero-order valence-electron chi connectivity index (χ0n) is 23.2. The monoisotopic (exact) mass is 630 g/mol. The number of halogens is 6. The van der Waals surface area contributed by atoms with E-state index in [2.05, 4.69) is 127 Å². The fourth-order valence-corrected chi connectivity index (χ4v) is 8.65. The summed E-state index contributed by atoms with van der Waals surface area (Å²) < 4.78 is 59.2. The van der Waals surface area contributed by atoms with E-state index in [1.807, 2.05) is 30.3 Å². The van der Waals surface area contributed by atoms with E-state index < -0.39 is 15.1 Å². The Hall–Kier alpha value is -3.94. The molecule has 5 aromatic rings. The van der Waals surface area contributed by atoms with Crippen LogP contribution in [0.4, 0.5) is 25.2 Å². The summed E-state index contributed by atoms with van der Waals surface area (Å²) in [6.07, 6.45) is 0.970. The van der Waals surface area contributed by atoms with E-state index in [-0.39, 0.29) is 0 Å². The van der Waals surface area contributed by atoms with Gasteiger partial charge in [0.2, 0.25) is 0 Å². The molecule has 0 saturated heterocycles. The first-order valence-electron chi connectivity index (χ1n) is 13.0. The van der Waals surface area contributed by atoms with Crippen LogP contribution >= 0.6 is 15.1 Å². The molecule has 0 heterocycles. The van der Waals surface area contributed by atoms with Gasteiger partial charge in [-0.1, -0.05) is 96.8 Å². The Morgan fingerprint density at radius 2 is 0.744 bits per heavy atom. The van der Waals surface area contributed by atoms with Crippen molar-refractivity contribution < 1.29 is 30.3 Å². The van der Waals surface area contributed by atoms with E-state index in [9.17, 15) is 25.2 Å². The number of hydrogen-bond acceptors (Lipinski definition) is 1. The summed E-state index contributed by atoms with van der Waals surface area (Å²) in [5.41, 5.74) is 3.40. The van der Waals surface area contributed by atoms with Gasteiger partial charge >= 0.3 is 33.0 Å². The second kappa shape index (κ2) is 13.6. The molecule has 0 atom stereocenters. The molecule has 0 aliphatic rings. The summed E-state index contributed by atoms with van der Waals surface area (Å²) in [6.45, 7) is 0. The van der Waals surface area contributed by atoms with E-state index in [1.54, 1.807) is 0 Å². The van der Waals surface area contributed by atoms with Crippen molar-refractivity contribution in [1.82, 2.24) is 0 Å². The van der Waals surface area contributed by atoms with Gasteiger partial charge in [-0.25, -0.2) is 0 Å². The fourth-order valence-electron chi connectivity index (χ4n) is 4.40. The van der Waals surface area contributed by atoms with Gasteiger partial charge in [-0.05, 0) is 66.2 Å². The molecule has 9 heteroatoms. The van der Waals surface area contributed by atoms with Gasteiger partial charge in [-0.3, -0.25) is 0 Å². The molecule has 0 saturated carbocycles. The molecule has 1 nitrogen and oxygen atoms in total. The molecule has 0 spiro atoms. The molecule has 0 bridgehead atoms. The first-order chi connectivity index (χ1) is 20.3. The van der Waals surface area contributed by atoms with Crippen LogP contribution in [0.1, 0.15) is 16.7 Å². The summed E-state index contributed by atoms with van der Waals surface area (Å²) in [6, 6.07) is 52.0. The Labute approximate surface area is 248 Å². The van der Waals surface area contributed by atoms with E-state index in [0.29, 0.717) is 0 Å². The molecule has 0 fully saturated rings. The minimum atomic E-state index is -10.7. The van der Waals surface area contributed by atoms with Gasteiger partial charge in [-0.15, -0.1) is 0 Å². The molecule has 5 aromatic carbocycles. The number of benzene rings is 5. The zero-order chi connectivity index (χ0) is 31.5. The second-order valence-electron chi connectivity index (χ2n) is 9.25. The van der Waals surface area contributed by atoms with Gasteiger partial charge in [0.25, 0.3) is 0 Å². The molecule has 5 rings (SSSR count). The van der Waals surface area contributed by atoms with Crippen LogP contribution in [-0.4, -0.2) is 12.2 Å². The molecule has 0 radical (unpaired) electrons. The SMILES string of the molecule is C(#Cc1ccc(C[P+](c2ccccc2)(c2ccccc2)c2ccccc2)cc1)c1ccccc1.CO.F[P-](F)(F)(F)(F)F. The van der Waals surface area contributed by atoms with Crippen LogP contribution in [0.3, 0.4) is 0 Å². The Balaban J connectivity index is 0.000000496. The van der Waals surface area contributed by atoms with E-state index >= 15 is 0 Å². The molecule has 43 heavy (non-hydrogen) atoms. The van der Waals surface area contributed by atoms with Gasteiger partial charge in [0.05, 0.1) is 6.16 Å². The first-order valence-corrected chi connectivity index (χ1v) is 17.0. The topological polar surface area (TPSA) is 20.2 Å². The van der Waals surface area contributed by atoms with Crippen LogP contribution in [0, 0.1) is 11.8 Å². The maximum atomic E-state index is 9.87. The second-order valence-corrected chi connectivity index (χ2v) is 14.6. The third kappa shape index (κ3) is 11.3. The van der Waals surface area contributed by atoms with Gasteiger partial charge in [0, 0.05) is 18.2 Å². The number of rotatable bonds is 5. The summed E-state index contributed by atoms with van der Waals surface area (Å²) in [4.78, 5) is 0. The predicted molar refractivity (Wildman–Crippen MR) is 169 cm³/mol. The van der Waals surface area contributed by atoms with Crippen LogP contribution < -0.4 is 15.9 Å². The average molecular weight is 631 g/mol. The number of hydrogen-bond donors (Lipinski definition) is 1. The molecular weight excluding hydrogens is 600 g/mol. The van der Waals surface area contributed by atoms with Crippen molar-refractivity contribution >= 4 is 31.0 Å². The van der Waals surface area contributed by atoms with Crippen molar-refractivity contribution in [2.24, 2.45) is 0 Å². The number of aliphatic hydroxyl groups excluding tert-OH is 1. The maximum absolute atomic E-state index is 10.7. The van der Waals surface area contributed by atoms with Crippen molar-refractivity contribution in [1.29, 1.82) is 0 Å². The minimum absolute atomic E-state index is 0.970. The van der Waals surface area contributed by atoms with Crippen LogP contribution in [0.15, 0.2) is 146 Å². The summed E-state index contributed by atoms with van der Waals surface area (Å²) in [5, 5.41) is 11.2. The third-order valence-electron chi connectivity index (χ3n) is 6.09. The normalized spacial score (nSPS) is 12.5. The molecule has 224 valence electrons. The van der Waals surface area contributed by atoms with Crippen LogP contribution in [0.5, 0.6) is 0 Å². The molecular formula is C34H30F6OP2. The predicted octanol–water partition coefficient (Wildman–Crippen LogP) is 9.57. The Bertz CT molecular complexity index is 1510. The Morgan fingerprint density at radius 3 is 1.07 bits per heavy atom. The van der Waals surface area contributed by atoms with Crippen LogP contribution in [-0.2, 0) is 6.16 Å². The molecule has 0 unspecified atom stereocenters. The molecule has 0 aliphatic heterocycles. The fraction of sp³-hybridized carbons (Fsp3) is 0.0588. The van der Waals surface area contributed by atoms with Crippen molar-refractivity contribution in [3.05, 3.63) is 162 Å². The van der Waals surface area contributed by atoms with Gasteiger partial charge < -0.3 is 5.11 Å². The summed E-state index contributed by atoms with van der Waals surface area (Å²) >= 11 is 0. The van der Waals surface area contributed by atoms with Gasteiger partial charge in [0.1, 0.15) is 23.2 Å². The van der Waals surface area contributed by atoms with Crippen molar-refractivity contribution in [2.75, 3.05) is 7.11 Å². The van der Waals surface area contributed by atoms with E-state index in [1.165, 1.54) is 21.5 Å². The zero-order valence-corrected chi connectivity index (χ0v) is 25.0. The van der Waals surface area contributed by atoms with Gasteiger partial charge in [0.15, 0.2) is 0 Å². The standard InChI is InChI=1S/C33H26P.CH4O.F6P/c1-5-13-28(14-6-1)21-22-29-23-25-30(26-24-29)27-34(31-15-7-2-8-16-31,32-17-9-3-10-18-32)33-19-11-4-12-20-33;1-2;1-7(2,3,4,5)6/h1-20,23-26H,27H2;2H,1H3;/q+1;;-1. The Morgan fingerprint density at radius 1 is 0.465 bits per heavy atom. The van der Waals surface area contributed by atoms with E-state index in [0.717, 1.165) is 24.4 Å². The molecule has 1 N–H and O–H groups in total. The van der Waals surface area contributed by atoms with Crippen molar-refractivity contribution in [3.8, 4) is 11.8 Å². The van der Waals surface area contributed by atoms with Gasteiger partial charge in [-0.2, -0.15) is 0 Å². The van der Waals surface area contributed by atoms with Crippen molar-refractivity contribution in [3.63, 3.8) is 0 Å². The Kier molecular flexibility index (Phi) is 10.6.